The first-order valence-corrected chi connectivity index (χ1v) is 4.45. The van der Waals surface area contributed by atoms with Gasteiger partial charge < -0.3 is 0 Å². The second-order valence-electron chi connectivity index (χ2n) is 2.16. The summed E-state index contributed by atoms with van der Waals surface area (Å²) in [6.07, 6.45) is 1.65. The maximum absolute atomic E-state index is 12.9. The number of thioether (sulfide) groups is 1. The first-order chi connectivity index (χ1) is 5.65. The fraction of sp³-hybridized carbons (Fsp3) is 0.125. The van der Waals surface area contributed by atoms with E-state index in [1.807, 2.05) is 0 Å². The topological polar surface area (TPSA) is 23.9 Å². The molecule has 4 heteroatoms. The zero-order valence-corrected chi connectivity index (χ0v) is 7.21. The molecule has 1 N–H and O–H groups in total. The van der Waals surface area contributed by atoms with E-state index in [4.69, 9.17) is 5.41 Å². The third kappa shape index (κ3) is 1.82. The van der Waals surface area contributed by atoms with Crippen LogP contribution in [-0.2, 0) is 0 Å². The van der Waals surface area contributed by atoms with Crippen molar-refractivity contribution in [2.75, 3.05) is 6.26 Å². The number of hydrogen-bond acceptors (Lipinski definition) is 2. The lowest BCUT2D eigenvalue weighted by atomic mass is 10.2. The predicted molar refractivity (Wildman–Crippen MR) is 46.7 cm³/mol. The van der Waals surface area contributed by atoms with Crippen LogP contribution in [0.15, 0.2) is 18.2 Å². The van der Waals surface area contributed by atoms with Crippen molar-refractivity contribution in [3.05, 3.63) is 35.4 Å². The molecule has 0 saturated heterocycles. The van der Waals surface area contributed by atoms with E-state index in [2.05, 4.69) is 0 Å². The van der Waals surface area contributed by atoms with Crippen LogP contribution in [0.3, 0.4) is 0 Å². The molecule has 0 saturated carbocycles. The summed E-state index contributed by atoms with van der Waals surface area (Å²) in [5.41, 5.74) is 0.0162. The molecule has 0 unspecified atom stereocenters. The normalized spacial score (nSPS) is 9.92. The second kappa shape index (κ2) is 3.67. The number of benzene rings is 1. The van der Waals surface area contributed by atoms with E-state index in [0.29, 0.717) is 0 Å². The fourth-order valence-corrected chi connectivity index (χ4v) is 1.16. The third-order valence-electron chi connectivity index (χ3n) is 1.38. The van der Waals surface area contributed by atoms with Crippen molar-refractivity contribution in [2.45, 2.75) is 0 Å². The first kappa shape index (κ1) is 9.19. The Morgan fingerprint density at radius 3 is 2.67 bits per heavy atom. The Labute approximate surface area is 73.3 Å². The van der Waals surface area contributed by atoms with E-state index in [9.17, 15) is 8.78 Å². The van der Waals surface area contributed by atoms with Gasteiger partial charge in [0.1, 0.15) is 11.6 Å². The molecule has 0 aromatic heterocycles. The number of rotatable bonds is 1. The number of halogens is 2. The molecule has 0 radical (unpaired) electrons. The summed E-state index contributed by atoms with van der Waals surface area (Å²) < 4.78 is 25.5. The quantitative estimate of drug-likeness (QED) is 0.530. The van der Waals surface area contributed by atoms with Gasteiger partial charge >= 0.3 is 0 Å². The molecule has 0 bridgehead atoms. The molecule has 1 aromatic carbocycles. The summed E-state index contributed by atoms with van der Waals surface area (Å²) in [6.45, 7) is 0. The zero-order chi connectivity index (χ0) is 9.14. The van der Waals surface area contributed by atoms with Gasteiger partial charge in [-0.15, -0.1) is 11.8 Å². The summed E-state index contributed by atoms with van der Waals surface area (Å²) in [7, 11) is 0. The van der Waals surface area contributed by atoms with Crippen LogP contribution < -0.4 is 0 Å². The number of nitrogens with one attached hydrogen (secondary N) is 1. The highest BCUT2D eigenvalue weighted by Gasteiger charge is 2.07. The minimum absolute atomic E-state index is 0.0162. The van der Waals surface area contributed by atoms with Gasteiger partial charge in [-0.2, -0.15) is 0 Å². The van der Waals surface area contributed by atoms with E-state index in [-0.39, 0.29) is 10.6 Å². The van der Waals surface area contributed by atoms with Gasteiger partial charge in [-0.05, 0) is 24.5 Å². The van der Waals surface area contributed by atoms with E-state index < -0.39 is 11.6 Å². The van der Waals surface area contributed by atoms with Gasteiger partial charge in [0.25, 0.3) is 0 Å². The van der Waals surface area contributed by atoms with Crippen molar-refractivity contribution in [2.24, 2.45) is 0 Å². The molecule has 0 spiro atoms. The average molecular weight is 187 g/mol. The van der Waals surface area contributed by atoms with Gasteiger partial charge in [0, 0.05) is 5.56 Å². The van der Waals surface area contributed by atoms with Gasteiger partial charge in [-0.25, -0.2) is 8.78 Å². The molecule has 0 fully saturated rings. The monoisotopic (exact) mass is 187 g/mol. The molecule has 0 aliphatic rings. The second-order valence-corrected chi connectivity index (χ2v) is 2.97. The lowest BCUT2D eigenvalue weighted by molar-refractivity contribution is 0.598. The van der Waals surface area contributed by atoms with Crippen molar-refractivity contribution in [1.82, 2.24) is 0 Å². The molecule has 1 rings (SSSR count). The smallest absolute Gasteiger partial charge is 0.133 e. The Morgan fingerprint density at radius 2 is 2.08 bits per heavy atom. The van der Waals surface area contributed by atoms with Crippen LogP contribution >= 0.6 is 11.8 Å². The molecule has 0 atom stereocenters. The minimum atomic E-state index is -0.559. The van der Waals surface area contributed by atoms with Crippen molar-refractivity contribution < 1.29 is 8.78 Å². The zero-order valence-electron chi connectivity index (χ0n) is 6.40. The van der Waals surface area contributed by atoms with Crippen molar-refractivity contribution in [3.8, 4) is 0 Å². The van der Waals surface area contributed by atoms with Crippen LogP contribution in [0.2, 0.25) is 0 Å². The lowest BCUT2D eigenvalue weighted by Gasteiger charge is -2.01. The first-order valence-electron chi connectivity index (χ1n) is 3.23. The van der Waals surface area contributed by atoms with Gasteiger partial charge in [-0.1, -0.05) is 0 Å². The SMILES string of the molecule is CSC(=N)c1cc(F)ccc1F. The minimum Gasteiger partial charge on any atom is -0.293 e. The Bertz CT molecular complexity index is 312. The standard InChI is InChI=1S/C8H7F2NS/c1-12-8(11)6-4-5(9)2-3-7(6)10/h2-4,11H,1H3. The summed E-state index contributed by atoms with van der Waals surface area (Å²) in [4.78, 5) is 0. The van der Waals surface area contributed by atoms with Gasteiger partial charge in [0.2, 0.25) is 0 Å². The molecule has 0 amide bonds. The molecule has 0 aliphatic carbocycles. The van der Waals surface area contributed by atoms with Gasteiger partial charge in [0.15, 0.2) is 0 Å². The van der Waals surface area contributed by atoms with Crippen LogP contribution in [0.5, 0.6) is 0 Å². The van der Waals surface area contributed by atoms with Crippen LogP contribution in [0.1, 0.15) is 5.56 Å². The molecular formula is C8H7F2NS. The molecule has 1 nitrogen and oxygen atoms in total. The van der Waals surface area contributed by atoms with E-state index in [1.54, 1.807) is 6.26 Å². The highest BCUT2D eigenvalue weighted by Crippen LogP contribution is 2.14. The average Bonchev–Trinajstić information content (AvgIpc) is 2.08. The van der Waals surface area contributed by atoms with Crippen molar-refractivity contribution in [1.29, 1.82) is 5.41 Å². The molecule has 12 heavy (non-hydrogen) atoms. The highest BCUT2D eigenvalue weighted by atomic mass is 32.2. The maximum atomic E-state index is 12.9. The van der Waals surface area contributed by atoms with Crippen LogP contribution in [0, 0.1) is 17.0 Å². The van der Waals surface area contributed by atoms with Crippen LogP contribution in [-0.4, -0.2) is 11.3 Å². The van der Waals surface area contributed by atoms with E-state index in [0.717, 1.165) is 30.0 Å². The number of hydrogen-bond donors (Lipinski definition) is 1. The molecular weight excluding hydrogens is 180 g/mol. The Hall–Kier alpha value is -0.900. The summed E-state index contributed by atoms with van der Waals surface area (Å²) >= 11 is 1.08. The Morgan fingerprint density at radius 1 is 1.42 bits per heavy atom. The third-order valence-corrected chi connectivity index (χ3v) is 2.01. The van der Waals surface area contributed by atoms with Crippen molar-refractivity contribution >= 4 is 16.8 Å². The van der Waals surface area contributed by atoms with Crippen LogP contribution in [0.4, 0.5) is 8.78 Å². The Balaban J connectivity index is 3.13. The molecule has 1 aromatic rings. The van der Waals surface area contributed by atoms with Crippen LogP contribution in [0.25, 0.3) is 0 Å². The van der Waals surface area contributed by atoms with Gasteiger partial charge in [-0.3, -0.25) is 5.41 Å². The van der Waals surface area contributed by atoms with Crippen molar-refractivity contribution in [3.63, 3.8) is 0 Å². The molecule has 0 heterocycles. The van der Waals surface area contributed by atoms with E-state index >= 15 is 0 Å². The summed E-state index contributed by atoms with van der Waals surface area (Å²) in [5.74, 6) is -1.08. The predicted octanol–water partition coefficient (Wildman–Crippen LogP) is 2.65. The fourth-order valence-electron chi connectivity index (χ4n) is 0.781. The lowest BCUT2D eigenvalue weighted by Crippen LogP contribution is -1.97. The summed E-state index contributed by atoms with van der Waals surface area (Å²) in [6, 6.07) is 3.08. The highest BCUT2D eigenvalue weighted by molar-refractivity contribution is 8.13. The summed E-state index contributed by atoms with van der Waals surface area (Å²) in [5, 5.41) is 7.31. The molecule has 64 valence electrons. The van der Waals surface area contributed by atoms with E-state index in [1.165, 1.54) is 0 Å². The Kier molecular flexibility index (Phi) is 2.81. The molecule has 0 aliphatic heterocycles. The largest absolute Gasteiger partial charge is 0.293 e. The van der Waals surface area contributed by atoms with Gasteiger partial charge in [0.05, 0.1) is 5.04 Å². The maximum Gasteiger partial charge on any atom is 0.133 e.